The van der Waals surface area contributed by atoms with Gasteiger partial charge in [0.1, 0.15) is 6.04 Å². The quantitative estimate of drug-likeness (QED) is 0.539. The number of hydrogen-bond donors (Lipinski definition) is 1. The van der Waals surface area contributed by atoms with Crippen molar-refractivity contribution < 1.29 is 19.0 Å². The zero-order chi connectivity index (χ0) is 13.9. The van der Waals surface area contributed by atoms with Crippen LogP contribution >= 0.6 is 0 Å². The number of nitrogens with two attached hydrogens (primary N) is 1. The lowest BCUT2D eigenvalue weighted by Gasteiger charge is -2.11. The third-order valence-corrected chi connectivity index (χ3v) is 2.52. The molecule has 1 rings (SSSR count). The molecule has 19 heavy (non-hydrogen) atoms. The lowest BCUT2D eigenvalue weighted by atomic mass is 10.1. The molecule has 0 aliphatic carbocycles. The topological polar surface area (TPSA) is 70.8 Å². The van der Waals surface area contributed by atoms with Gasteiger partial charge < -0.3 is 19.9 Å². The molecule has 0 fully saturated rings. The normalized spacial score (nSPS) is 12.1. The fourth-order valence-electron chi connectivity index (χ4n) is 1.46. The first-order chi connectivity index (χ1) is 9.25. The fourth-order valence-corrected chi connectivity index (χ4v) is 1.46. The molecule has 0 amide bonds. The van der Waals surface area contributed by atoms with Crippen LogP contribution in [-0.4, -0.2) is 39.5 Å². The molecule has 0 saturated carbocycles. The van der Waals surface area contributed by atoms with Crippen molar-refractivity contribution >= 4 is 5.97 Å². The van der Waals surface area contributed by atoms with E-state index in [0.717, 1.165) is 5.56 Å². The van der Waals surface area contributed by atoms with E-state index >= 15 is 0 Å². The van der Waals surface area contributed by atoms with Crippen molar-refractivity contribution in [3.63, 3.8) is 0 Å². The Balaban J connectivity index is 2.14. The Morgan fingerprint density at radius 2 is 1.89 bits per heavy atom. The smallest absolute Gasteiger partial charge is 0.327 e. The molecule has 0 bridgehead atoms. The molecule has 5 nitrogen and oxygen atoms in total. The van der Waals surface area contributed by atoms with Crippen molar-refractivity contribution in [1.82, 2.24) is 0 Å². The van der Waals surface area contributed by atoms with Crippen LogP contribution in [0.15, 0.2) is 30.3 Å². The molecule has 0 spiro atoms. The molecule has 1 unspecified atom stereocenters. The van der Waals surface area contributed by atoms with Gasteiger partial charge in [0, 0.05) is 20.1 Å². The highest BCUT2D eigenvalue weighted by Crippen LogP contribution is 2.10. The second kappa shape index (κ2) is 9.49. The highest BCUT2D eigenvalue weighted by atomic mass is 16.5. The number of ether oxygens (including phenoxy) is 3. The summed E-state index contributed by atoms with van der Waals surface area (Å²) in [5, 5.41) is 0. The molecule has 0 aliphatic rings. The summed E-state index contributed by atoms with van der Waals surface area (Å²) in [6.45, 7) is 1.97. The third-order valence-electron chi connectivity index (χ3n) is 2.52. The summed E-state index contributed by atoms with van der Waals surface area (Å²) in [6, 6.07) is 8.44. The van der Waals surface area contributed by atoms with Gasteiger partial charge in [0.05, 0.1) is 19.8 Å². The molecule has 0 aliphatic heterocycles. The number of hydrogen-bond acceptors (Lipinski definition) is 5. The molecular formula is C14H21NO4. The Kier molecular flexibility index (Phi) is 7.81. The first-order valence-corrected chi connectivity index (χ1v) is 6.29. The van der Waals surface area contributed by atoms with Gasteiger partial charge in [0.25, 0.3) is 0 Å². The van der Waals surface area contributed by atoms with Gasteiger partial charge in [0.2, 0.25) is 0 Å². The van der Waals surface area contributed by atoms with Crippen molar-refractivity contribution in [2.45, 2.75) is 12.5 Å². The van der Waals surface area contributed by atoms with E-state index in [2.05, 4.69) is 0 Å². The first kappa shape index (κ1) is 15.6. The summed E-state index contributed by atoms with van der Waals surface area (Å²) < 4.78 is 15.2. The predicted octanol–water partition coefficient (Wildman–Crippen LogP) is 1.28. The summed E-state index contributed by atoms with van der Waals surface area (Å²) in [4.78, 5) is 11.7. The van der Waals surface area contributed by atoms with E-state index in [4.69, 9.17) is 19.9 Å². The van der Waals surface area contributed by atoms with Crippen LogP contribution in [0, 0.1) is 0 Å². The largest absolute Gasteiger partial charge is 0.464 e. The Labute approximate surface area is 113 Å². The summed E-state index contributed by atoms with van der Waals surface area (Å²) in [5.41, 5.74) is 6.55. The van der Waals surface area contributed by atoms with E-state index in [0.29, 0.717) is 32.8 Å². The third kappa shape index (κ3) is 6.33. The highest BCUT2D eigenvalue weighted by Gasteiger charge is 2.16. The van der Waals surface area contributed by atoms with Gasteiger partial charge in [-0.25, -0.2) is 4.79 Å². The molecule has 1 atom stereocenters. The summed E-state index contributed by atoms with van der Waals surface area (Å²) in [6.07, 6.45) is 0.650. The van der Waals surface area contributed by atoms with Gasteiger partial charge in [0.15, 0.2) is 0 Å². The van der Waals surface area contributed by atoms with Crippen LogP contribution in [0.2, 0.25) is 0 Å². The maximum absolute atomic E-state index is 11.7. The lowest BCUT2D eigenvalue weighted by Crippen LogP contribution is -2.24. The minimum atomic E-state index is -0.726. The number of rotatable bonds is 9. The van der Waals surface area contributed by atoms with Crippen molar-refractivity contribution in [2.75, 3.05) is 33.5 Å². The van der Waals surface area contributed by atoms with Crippen LogP contribution in [0.5, 0.6) is 0 Å². The maximum atomic E-state index is 11.7. The van der Waals surface area contributed by atoms with E-state index < -0.39 is 12.0 Å². The molecule has 5 heteroatoms. The molecular weight excluding hydrogens is 246 g/mol. The average molecular weight is 267 g/mol. The van der Waals surface area contributed by atoms with E-state index in [1.54, 1.807) is 19.2 Å². The number of esters is 1. The van der Waals surface area contributed by atoms with Crippen LogP contribution in [0.25, 0.3) is 0 Å². The first-order valence-electron chi connectivity index (χ1n) is 6.29. The zero-order valence-corrected chi connectivity index (χ0v) is 11.2. The number of benzene rings is 1. The molecule has 106 valence electrons. The van der Waals surface area contributed by atoms with Gasteiger partial charge in [-0.15, -0.1) is 0 Å². The van der Waals surface area contributed by atoms with E-state index in [1.165, 1.54) is 0 Å². The molecule has 0 heterocycles. The van der Waals surface area contributed by atoms with Crippen LogP contribution < -0.4 is 5.73 Å². The Morgan fingerprint density at radius 3 is 2.58 bits per heavy atom. The molecule has 1 aromatic carbocycles. The predicted molar refractivity (Wildman–Crippen MR) is 71.6 cm³/mol. The van der Waals surface area contributed by atoms with Gasteiger partial charge in [-0.3, -0.25) is 0 Å². The second-order valence-corrected chi connectivity index (χ2v) is 4.01. The van der Waals surface area contributed by atoms with Gasteiger partial charge >= 0.3 is 5.97 Å². The minimum Gasteiger partial charge on any atom is -0.464 e. The van der Waals surface area contributed by atoms with Gasteiger partial charge in [-0.1, -0.05) is 30.3 Å². The standard InChI is InChI=1S/C14H21NO4/c1-17-10-11-18-8-5-9-19-14(16)13(15)12-6-3-2-4-7-12/h2-4,6-7,13H,5,8-11,15H2,1H3. The minimum absolute atomic E-state index is 0.312. The van der Waals surface area contributed by atoms with Crippen molar-refractivity contribution in [3.8, 4) is 0 Å². The second-order valence-electron chi connectivity index (χ2n) is 4.01. The number of methoxy groups -OCH3 is 1. The SMILES string of the molecule is COCCOCCCOC(=O)C(N)c1ccccc1. The monoisotopic (exact) mass is 267 g/mol. The Morgan fingerprint density at radius 1 is 1.16 bits per heavy atom. The molecule has 1 aromatic rings. The molecule has 0 saturated heterocycles. The zero-order valence-electron chi connectivity index (χ0n) is 11.2. The van der Waals surface area contributed by atoms with Crippen molar-refractivity contribution in [2.24, 2.45) is 5.73 Å². The molecule has 2 N–H and O–H groups in total. The summed E-state index contributed by atoms with van der Waals surface area (Å²) in [7, 11) is 1.62. The highest BCUT2D eigenvalue weighted by molar-refractivity contribution is 5.77. The van der Waals surface area contributed by atoms with Crippen LogP contribution in [0.3, 0.4) is 0 Å². The Bertz CT molecular complexity index is 356. The summed E-state index contributed by atoms with van der Waals surface area (Å²) in [5.74, 6) is -0.414. The van der Waals surface area contributed by atoms with Crippen LogP contribution in [-0.2, 0) is 19.0 Å². The van der Waals surface area contributed by atoms with Crippen molar-refractivity contribution in [3.05, 3.63) is 35.9 Å². The molecule has 0 aromatic heterocycles. The molecule has 0 radical (unpaired) electrons. The maximum Gasteiger partial charge on any atom is 0.327 e. The fraction of sp³-hybridized carbons (Fsp3) is 0.500. The lowest BCUT2D eigenvalue weighted by molar-refractivity contribution is -0.145. The Hall–Kier alpha value is -1.43. The van der Waals surface area contributed by atoms with E-state index in [-0.39, 0.29) is 0 Å². The summed E-state index contributed by atoms with van der Waals surface area (Å²) >= 11 is 0. The average Bonchev–Trinajstić information content (AvgIpc) is 2.46. The van der Waals surface area contributed by atoms with Gasteiger partial charge in [-0.2, -0.15) is 0 Å². The van der Waals surface area contributed by atoms with Gasteiger partial charge in [-0.05, 0) is 5.56 Å². The van der Waals surface area contributed by atoms with Crippen LogP contribution in [0.4, 0.5) is 0 Å². The van der Waals surface area contributed by atoms with E-state index in [1.807, 2.05) is 18.2 Å². The van der Waals surface area contributed by atoms with Crippen molar-refractivity contribution in [1.29, 1.82) is 0 Å². The van der Waals surface area contributed by atoms with Crippen LogP contribution in [0.1, 0.15) is 18.0 Å². The number of carbonyl (C=O) groups is 1. The van der Waals surface area contributed by atoms with E-state index in [9.17, 15) is 4.79 Å². The number of carbonyl (C=O) groups excluding carboxylic acids is 1.